The number of benzene rings is 1. The first-order valence-corrected chi connectivity index (χ1v) is 7.08. The molecule has 2 unspecified atom stereocenters. The van der Waals surface area contributed by atoms with Crippen molar-refractivity contribution in [3.63, 3.8) is 0 Å². The summed E-state index contributed by atoms with van der Waals surface area (Å²) >= 11 is 0. The smallest absolute Gasteiger partial charge is 0.262 e. The molecule has 0 aliphatic carbocycles. The van der Waals surface area contributed by atoms with E-state index in [1.807, 2.05) is 24.3 Å². The number of fused-ring (bicyclic) bond motifs is 1. The van der Waals surface area contributed by atoms with Crippen LogP contribution in [0.2, 0.25) is 0 Å². The fourth-order valence-electron chi connectivity index (χ4n) is 3.09. The van der Waals surface area contributed by atoms with Crippen LogP contribution in [0, 0.1) is 0 Å². The molecular weight excluding hydrogens is 273 g/mol. The van der Waals surface area contributed by atoms with Crippen molar-refractivity contribution in [3.8, 4) is 0 Å². The highest BCUT2D eigenvalue weighted by Crippen LogP contribution is 2.29. The number of carbonyl (C=O) groups excluding carboxylic acids is 2. The van der Waals surface area contributed by atoms with Gasteiger partial charge in [0.15, 0.2) is 0 Å². The van der Waals surface area contributed by atoms with Crippen LogP contribution in [0.25, 0.3) is 0 Å². The highest BCUT2D eigenvalue weighted by atomic mass is 19.1. The molecule has 5 nitrogen and oxygen atoms in total. The normalized spacial score (nSPS) is 28.2. The molecule has 2 aliphatic heterocycles. The Morgan fingerprint density at radius 3 is 2.67 bits per heavy atom. The second kappa shape index (κ2) is 5.11. The van der Waals surface area contributed by atoms with Crippen LogP contribution in [0.4, 0.5) is 4.39 Å². The van der Waals surface area contributed by atoms with E-state index >= 15 is 0 Å². The van der Waals surface area contributed by atoms with Crippen LogP contribution in [0.3, 0.4) is 0 Å². The van der Waals surface area contributed by atoms with Crippen LogP contribution in [-0.4, -0.2) is 41.5 Å². The van der Waals surface area contributed by atoms with Crippen LogP contribution >= 0.6 is 0 Å². The van der Waals surface area contributed by atoms with Crippen LogP contribution in [0.15, 0.2) is 24.3 Å². The molecule has 1 aromatic rings. The summed E-state index contributed by atoms with van der Waals surface area (Å²) < 4.78 is 14.7. The van der Waals surface area contributed by atoms with Gasteiger partial charge in [0.05, 0.1) is 0 Å². The lowest BCUT2D eigenvalue weighted by molar-refractivity contribution is -0.150. The maximum atomic E-state index is 14.7. The van der Waals surface area contributed by atoms with Crippen molar-refractivity contribution in [3.05, 3.63) is 35.4 Å². The lowest BCUT2D eigenvalue weighted by atomic mass is 9.91. The highest BCUT2D eigenvalue weighted by Gasteiger charge is 2.47. The fourth-order valence-corrected chi connectivity index (χ4v) is 3.09. The van der Waals surface area contributed by atoms with Crippen LogP contribution < -0.4 is 11.1 Å². The van der Waals surface area contributed by atoms with Gasteiger partial charge in [-0.25, -0.2) is 4.39 Å². The molecule has 0 spiro atoms. The predicted octanol–water partition coefficient (Wildman–Crippen LogP) is 0.127. The average molecular weight is 291 g/mol. The second-order valence-electron chi connectivity index (χ2n) is 5.72. The van der Waals surface area contributed by atoms with Gasteiger partial charge in [-0.2, -0.15) is 0 Å². The Bertz CT molecular complexity index is 584. The number of rotatable bonds is 2. The van der Waals surface area contributed by atoms with Gasteiger partial charge >= 0.3 is 0 Å². The Kier molecular flexibility index (Phi) is 3.41. The van der Waals surface area contributed by atoms with Crippen LogP contribution in [0.1, 0.15) is 17.5 Å². The summed E-state index contributed by atoms with van der Waals surface area (Å²) in [5, 5.41) is 2.86. The third kappa shape index (κ3) is 2.40. The number of hydrogen-bond acceptors (Lipinski definition) is 3. The Hall–Kier alpha value is -1.95. The minimum absolute atomic E-state index is 0.00450. The fraction of sp³-hybridized carbons (Fsp3) is 0.467. The van der Waals surface area contributed by atoms with Crippen molar-refractivity contribution in [1.29, 1.82) is 0 Å². The van der Waals surface area contributed by atoms with Crippen molar-refractivity contribution in [2.75, 3.05) is 13.1 Å². The minimum atomic E-state index is -1.93. The number of amides is 2. The van der Waals surface area contributed by atoms with E-state index in [0.29, 0.717) is 13.0 Å². The van der Waals surface area contributed by atoms with Gasteiger partial charge in [-0.1, -0.05) is 24.3 Å². The maximum absolute atomic E-state index is 14.7. The summed E-state index contributed by atoms with van der Waals surface area (Å²) in [6, 6.07) is 6.78. The van der Waals surface area contributed by atoms with E-state index < -0.39 is 23.5 Å². The first-order valence-electron chi connectivity index (χ1n) is 7.08. The van der Waals surface area contributed by atoms with E-state index in [0.717, 1.165) is 11.1 Å². The molecule has 21 heavy (non-hydrogen) atoms. The molecule has 3 N–H and O–H groups in total. The molecule has 0 aromatic heterocycles. The Balaban J connectivity index is 1.92. The van der Waals surface area contributed by atoms with Crippen molar-refractivity contribution in [2.24, 2.45) is 5.73 Å². The topological polar surface area (TPSA) is 75.4 Å². The van der Waals surface area contributed by atoms with E-state index in [4.69, 9.17) is 5.73 Å². The van der Waals surface area contributed by atoms with Crippen molar-refractivity contribution in [2.45, 2.75) is 31.1 Å². The van der Waals surface area contributed by atoms with Gasteiger partial charge in [0.25, 0.3) is 5.91 Å². The molecule has 112 valence electrons. The van der Waals surface area contributed by atoms with Crippen molar-refractivity contribution >= 4 is 11.8 Å². The summed E-state index contributed by atoms with van der Waals surface area (Å²) in [5.41, 5.74) is 5.42. The molecule has 0 saturated carbocycles. The summed E-state index contributed by atoms with van der Waals surface area (Å²) in [7, 11) is 0. The molecule has 0 radical (unpaired) electrons. The summed E-state index contributed by atoms with van der Waals surface area (Å²) in [6.07, 6.45) is 0.482. The van der Waals surface area contributed by atoms with Gasteiger partial charge < -0.3 is 16.0 Å². The SMILES string of the molecule is NC(=O)C1Cc2ccccc2CN1C(=O)C1(F)CCNC1. The number of primary amides is 1. The van der Waals surface area contributed by atoms with E-state index in [9.17, 15) is 14.0 Å². The van der Waals surface area contributed by atoms with E-state index in [2.05, 4.69) is 5.32 Å². The largest absolute Gasteiger partial charge is 0.368 e. The summed E-state index contributed by atoms with van der Waals surface area (Å²) in [6.45, 7) is 0.692. The summed E-state index contributed by atoms with van der Waals surface area (Å²) in [5.74, 6) is -1.22. The zero-order chi connectivity index (χ0) is 15.0. The van der Waals surface area contributed by atoms with Gasteiger partial charge in [0, 0.05) is 25.9 Å². The Morgan fingerprint density at radius 2 is 2.05 bits per heavy atom. The average Bonchev–Trinajstić information content (AvgIpc) is 2.93. The monoisotopic (exact) mass is 291 g/mol. The quantitative estimate of drug-likeness (QED) is 0.813. The predicted molar refractivity (Wildman–Crippen MR) is 75.0 cm³/mol. The van der Waals surface area contributed by atoms with Gasteiger partial charge in [0.2, 0.25) is 11.6 Å². The van der Waals surface area contributed by atoms with Gasteiger partial charge in [-0.05, 0) is 17.7 Å². The molecule has 3 rings (SSSR count). The standard InChI is InChI=1S/C15H18FN3O2/c16-15(5-6-18-9-15)14(21)19-8-11-4-2-1-3-10(11)7-12(19)13(17)20/h1-4,12,18H,5-9H2,(H2,17,20). The van der Waals surface area contributed by atoms with Crippen molar-refractivity contribution in [1.82, 2.24) is 10.2 Å². The lowest BCUT2D eigenvalue weighted by Gasteiger charge is -2.37. The Morgan fingerprint density at radius 1 is 1.33 bits per heavy atom. The lowest BCUT2D eigenvalue weighted by Crippen LogP contribution is -2.57. The van der Waals surface area contributed by atoms with E-state index in [1.54, 1.807) is 0 Å². The van der Waals surface area contributed by atoms with E-state index in [-0.39, 0.29) is 19.5 Å². The van der Waals surface area contributed by atoms with Gasteiger partial charge in [-0.15, -0.1) is 0 Å². The van der Waals surface area contributed by atoms with Crippen molar-refractivity contribution < 1.29 is 14.0 Å². The molecule has 6 heteroatoms. The number of alkyl halides is 1. The number of halogens is 1. The molecule has 2 atom stereocenters. The highest BCUT2D eigenvalue weighted by molar-refractivity contribution is 5.92. The molecule has 0 bridgehead atoms. The number of carbonyl (C=O) groups is 2. The molecule has 1 fully saturated rings. The first-order chi connectivity index (χ1) is 10.0. The molecule has 2 heterocycles. The molecule has 1 saturated heterocycles. The Labute approximate surface area is 122 Å². The van der Waals surface area contributed by atoms with Gasteiger partial charge in [0.1, 0.15) is 6.04 Å². The second-order valence-corrected chi connectivity index (χ2v) is 5.72. The maximum Gasteiger partial charge on any atom is 0.262 e. The third-order valence-corrected chi connectivity index (χ3v) is 4.32. The zero-order valence-corrected chi connectivity index (χ0v) is 11.6. The number of nitrogens with zero attached hydrogens (tertiary/aromatic N) is 1. The zero-order valence-electron chi connectivity index (χ0n) is 11.6. The number of nitrogens with one attached hydrogen (secondary N) is 1. The first kappa shape index (κ1) is 14.0. The number of nitrogens with two attached hydrogens (primary N) is 1. The molecule has 2 amide bonds. The molecule has 2 aliphatic rings. The minimum Gasteiger partial charge on any atom is -0.368 e. The summed E-state index contributed by atoms with van der Waals surface area (Å²) in [4.78, 5) is 25.5. The van der Waals surface area contributed by atoms with E-state index in [1.165, 1.54) is 4.90 Å². The number of hydrogen-bond donors (Lipinski definition) is 2. The molecular formula is C15H18FN3O2. The third-order valence-electron chi connectivity index (χ3n) is 4.32. The van der Waals surface area contributed by atoms with Crippen LogP contribution in [0.5, 0.6) is 0 Å². The van der Waals surface area contributed by atoms with Gasteiger partial charge in [-0.3, -0.25) is 9.59 Å². The van der Waals surface area contributed by atoms with Crippen LogP contribution in [-0.2, 0) is 22.6 Å². The molecule has 1 aromatic carbocycles.